The first-order valence-electron chi connectivity index (χ1n) is 9.93. The number of nitrogens with zero attached hydrogens (tertiary/aromatic N) is 1. The van der Waals surface area contributed by atoms with Gasteiger partial charge in [0.05, 0.1) is 5.69 Å². The van der Waals surface area contributed by atoms with Gasteiger partial charge in [-0.25, -0.2) is 4.39 Å². The van der Waals surface area contributed by atoms with Crippen LogP contribution in [0.3, 0.4) is 0 Å². The Morgan fingerprint density at radius 2 is 1.65 bits per heavy atom. The molecule has 31 heavy (non-hydrogen) atoms. The summed E-state index contributed by atoms with van der Waals surface area (Å²) in [6.07, 6.45) is 7.41. The monoisotopic (exact) mass is 415 g/mol. The Kier molecular flexibility index (Phi) is 5.80. The summed E-state index contributed by atoms with van der Waals surface area (Å²) in [4.78, 5) is 27.4. The van der Waals surface area contributed by atoms with Gasteiger partial charge in [0, 0.05) is 61.5 Å². The number of hydrogen-bond donors (Lipinski definition) is 2. The molecule has 6 heteroatoms. The van der Waals surface area contributed by atoms with Crippen molar-refractivity contribution in [1.29, 1.82) is 0 Å². The summed E-state index contributed by atoms with van der Waals surface area (Å²) in [5, 5.41) is 3.04. The molecule has 0 atom stereocenters. The molecule has 0 unspecified atom stereocenters. The van der Waals surface area contributed by atoms with Crippen LogP contribution < -0.4 is 5.32 Å². The number of halogens is 1. The number of hydrogen-bond acceptors (Lipinski definition) is 3. The second-order valence-electron chi connectivity index (χ2n) is 7.50. The van der Waals surface area contributed by atoms with Crippen molar-refractivity contribution in [2.45, 2.75) is 12.8 Å². The fourth-order valence-corrected chi connectivity index (χ4v) is 3.37. The maximum atomic E-state index is 14.6. The highest BCUT2D eigenvalue weighted by Crippen LogP contribution is 2.22. The van der Waals surface area contributed by atoms with E-state index < -0.39 is 5.82 Å². The molecule has 2 aromatic heterocycles. The molecule has 0 bridgehead atoms. The number of ketones is 2. The zero-order valence-electron chi connectivity index (χ0n) is 17.1. The first kappa shape index (κ1) is 20.3. The smallest absolute Gasteiger partial charge is 0.168 e. The fraction of sp³-hybridized carbons (Fsp3) is 0.120. The minimum Gasteiger partial charge on any atom is -0.367 e. The van der Waals surface area contributed by atoms with Crippen LogP contribution in [0.25, 0.3) is 0 Å². The largest absolute Gasteiger partial charge is 0.367 e. The lowest BCUT2D eigenvalue weighted by molar-refractivity contribution is 0.0985. The van der Waals surface area contributed by atoms with E-state index in [1.165, 1.54) is 6.07 Å². The van der Waals surface area contributed by atoms with E-state index in [1.54, 1.807) is 42.9 Å². The number of carbonyl (C=O) groups excluding carboxylic acids is 2. The van der Waals surface area contributed by atoms with Crippen molar-refractivity contribution in [3.63, 3.8) is 0 Å². The molecule has 4 rings (SSSR count). The Morgan fingerprint density at radius 1 is 0.935 bits per heavy atom. The van der Waals surface area contributed by atoms with E-state index >= 15 is 0 Å². The maximum absolute atomic E-state index is 14.6. The van der Waals surface area contributed by atoms with E-state index in [1.807, 2.05) is 42.1 Å². The molecular weight excluding hydrogens is 393 g/mol. The quantitative estimate of drug-likeness (QED) is 0.394. The second kappa shape index (κ2) is 8.83. The zero-order chi connectivity index (χ0) is 21.8. The lowest BCUT2D eigenvalue weighted by Gasteiger charge is -2.10. The van der Waals surface area contributed by atoms with Crippen LogP contribution >= 0.6 is 0 Å². The van der Waals surface area contributed by atoms with E-state index in [2.05, 4.69) is 10.3 Å². The molecule has 0 amide bonds. The molecule has 2 aromatic carbocycles. The molecule has 0 aliphatic rings. The number of aryl methyl sites for hydroxylation is 1. The Morgan fingerprint density at radius 3 is 2.29 bits per heavy atom. The van der Waals surface area contributed by atoms with Crippen molar-refractivity contribution in [2.75, 3.05) is 5.32 Å². The number of benzene rings is 2. The minimum atomic E-state index is -0.426. The van der Waals surface area contributed by atoms with Gasteiger partial charge in [0.2, 0.25) is 0 Å². The number of rotatable bonds is 8. The van der Waals surface area contributed by atoms with Crippen LogP contribution in [0.2, 0.25) is 0 Å². The summed E-state index contributed by atoms with van der Waals surface area (Å²) in [6.45, 7) is 0. The number of nitrogens with one attached hydrogen (secondary N) is 2. The Hall–Kier alpha value is -3.93. The van der Waals surface area contributed by atoms with Crippen LogP contribution in [-0.2, 0) is 19.9 Å². The van der Waals surface area contributed by atoms with Crippen LogP contribution in [0.15, 0.2) is 79.4 Å². The standard InChI is InChI=1S/C25H22FN3O2/c1-29-11-9-20(16-29)25(31)14-18-4-7-23(22(26)12-18)28-21-5-2-17(3-6-21)13-24(30)19-8-10-27-15-19/h2-12,15-16,27-28H,13-14H2,1H3. The molecule has 0 saturated carbocycles. The average Bonchev–Trinajstić information content (AvgIpc) is 3.43. The Labute approximate surface area is 179 Å². The summed E-state index contributed by atoms with van der Waals surface area (Å²) in [6, 6.07) is 15.6. The van der Waals surface area contributed by atoms with Crippen molar-refractivity contribution in [3.05, 3.63) is 107 Å². The molecule has 2 N–H and O–H groups in total. The molecule has 4 aromatic rings. The van der Waals surface area contributed by atoms with Gasteiger partial charge in [-0.2, -0.15) is 0 Å². The molecule has 5 nitrogen and oxygen atoms in total. The number of Topliss-reactive ketones (excluding diaryl/α,β-unsaturated/α-hetero) is 2. The fourth-order valence-electron chi connectivity index (χ4n) is 3.37. The SMILES string of the molecule is Cn1ccc(C(=O)Cc2ccc(Nc3ccc(CC(=O)c4cc[nH]c4)cc3)c(F)c2)c1. The molecular formula is C25H22FN3O2. The third-order valence-corrected chi connectivity index (χ3v) is 5.07. The summed E-state index contributed by atoms with van der Waals surface area (Å²) >= 11 is 0. The highest BCUT2D eigenvalue weighted by molar-refractivity contribution is 5.98. The Balaban J connectivity index is 1.38. The van der Waals surface area contributed by atoms with Gasteiger partial charge in [-0.1, -0.05) is 18.2 Å². The maximum Gasteiger partial charge on any atom is 0.168 e. The third kappa shape index (κ3) is 4.98. The lowest BCUT2D eigenvalue weighted by Crippen LogP contribution is -2.04. The molecule has 0 radical (unpaired) electrons. The number of H-pyrrole nitrogens is 1. The second-order valence-corrected chi connectivity index (χ2v) is 7.50. The van der Waals surface area contributed by atoms with Gasteiger partial charge in [-0.3, -0.25) is 9.59 Å². The molecule has 2 heterocycles. The first-order chi connectivity index (χ1) is 15.0. The highest BCUT2D eigenvalue weighted by Gasteiger charge is 2.11. The topological polar surface area (TPSA) is 66.9 Å². The van der Waals surface area contributed by atoms with Crippen LogP contribution in [0.4, 0.5) is 15.8 Å². The number of anilines is 2. The number of aromatic amines is 1. The molecule has 0 saturated heterocycles. The first-order valence-corrected chi connectivity index (χ1v) is 9.93. The predicted molar refractivity (Wildman–Crippen MR) is 118 cm³/mol. The summed E-state index contributed by atoms with van der Waals surface area (Å²) in [5.74, 6) is -0.441. The van der Waals surface area contributed by atoms with Gasteiger partial charge >= 0.3 is 0 Å². The van der Waals surface area contributed by atoms with Crippen molar-refractivity contribution < 1.29 is 14.0 Å². The molecule has 0 fully saturated rings. The number of carbonyl (C=O) groups is 2. The van der Waals surface area contributed by atoms with Crippen molar-refractivity contribution in [1.82, 2.24) is 9.55 Å². The molecule has 156 valence electrons. The van der Waals surface area contributed by atoms with E-state index in [9.17, 15) is 14.0 Å². The van der Waals surface area contributed by atoms with Crippen molar-refractivity contribution >= 4 is 22.9 Å². The van der Waals surface area contributed by atoms with Crippen molar-refractivity contribution in [3.8, 4) is 0 Å². The van der Waals surface area contributed by atoms with E-state index in [0.717, 1.165) is 5.56 Å². The minimum absolute atomic E-state index is 0.0358. The van der Waals surface area contributed by atoms with E-state index in [4.69, 9.17) is 0 Å². The van der Waals surface area contributed by atoms with Crippen LogP contribution in [0.5, 0.6) is 0 Å². The van der Waals surface area contributed by atoms with Crippen LogP contribution in [0, 0.1) is 5.82 Å². The molecule has 0 spiro atoms. The summed E-state index contributed by atoms with van der Waals surface area (Å²) < 4.78 is 16.4. The summed E-state index contributed by atoms with van der Waals surface area (Å²) in [7, 11) is 1.85. The van der Waals surface area contributed by atoms with Gasteiger partial charge in [0.25, 0.3) is 0 Å². The highest BCUT2D eigenvalue weighted by atomic mass is 19.1. The normalized spacial score (nSPS) is 10.8. The number of aromatic nitrogens is 2. The van der Waals surface area contributed by atoms with Gasteiger partial charge < -0.3 is 14.9 Å². The molecule has 0 aliphatic heterocycles. The zero-order valence-corrected chi connectivity index (χ0v) is 17.1. The van der Waals surface area contributed by atoms with Gasteiger partial charge in [0.15, 0.2) is 11.6 Å². The Bertz CT molecular complexity index is 1210. The average molecular weight is 415 g/mol. The third-order valence-electron chi connectivity index (χ3n) is 5.07. The predicted octanol–water partition coefficient (Wildman–Crippen LogP) is 5.09. The lowest BCUT2D eigenvalue weighted by atomic mass is 10.0. The van der Waals surface area contributed by atoms with Gasteiger partial charge in [-0.05, 0) is 47.5 Å². The van der Waals surface area contributed by atoms with Crippen LogP contribution in [0.1, 0.15) is 31.8 Å². The van der Waals surface area contributed by atoms with E-state index in [0.29, 0.717) is 34.5 Å². The molecule has 0 aliphatic carbocycles. The van der Waals surface area contributed by atoms with E-state index in [-0.39, 0.29) is 18.0 Å². The van der Waals surface area contributed by atoms with Gasteiger partial charge in [-0.15, -0.1) is 0 Å². The van der Waals surface area contributed by atoms with Gasteiger partial charge in [0.1, 0.15) is 5.82 Å². The van der Waals surface area contributed by atoms with Crippen molar-refractivity contribution in [2.24, 2.45) is 7.05 Å². The van der Waals surface area contributed by atoms with Crippen LogP contribution in [-0.4, -0.2) is 21.1 Å². The summed E-state index contributed by atoms with van der Waals surface area (Å²) in [5.41, 5.74) is 3.80.